The Morgan fingerprint density at radius 2 is 1.46 bits per heavy atom. The van der Waals surface area contributed by atoms with Gasteiger partial charge < -0.3 is 10.4 Å². The lowest BCUT2D eigenvalue weighted by Gasteiger charge is -2.28. The molecule has 3 aromatic rings. The van der Waals surface area contributed by atoms with Crippen molar-refractivity contribution in [2.45, 2.75) is 58.8 Å². The molecule has 1 heterocycles. The summed E-state index contributed by atoms with van der Waals surface area (Å²) < 4.78 is 0. The van der Waals surface area contributed by atoms with Crippen LogP contribution in [-0.2, 0) is 17.3 Å². The Morgan fingerprint density at radius 1 is 0.893 bits per heavy atom. The van der Waals surface area contributed by atoms with Gasteiger partial charge in [0.15, 0.2) is 5.82 Å². The third-order valence-corrected chi connectivity index (χ3v) is 4.72. The zero-order valence-corrected chi connectivity index (χ0v) is 17.5. The van der Waals surface area contributed by atoms with Crippen molar-refractivity contribution in [2.75, 3.05) is 5.32 Å². The average molecular weight is 380 g/mol. The van der Waals surface area contributed by atoms with Gasteiger partial charge in [-0.05, 0) is 40.7 Å². The molecule has 1 aromatic heterocycles. The molecule has 0 saturated heterocycles. The fourth-order valence-corrected chi connectivity index (χ4v) is 3.16. The molecule has 0 bridgehead atoms. The molecule has 148 valence electrons. The Labute approximate surface area is 166 Å². The minimum atomic E-state index is -0.157. The molecule has 3 rings (SSSR count). The average Bonchev–Trinajstić information content (AvgIpc) is 3.09. The number of nitrogens with zero attached hydrogens (tertiary/aromatic N) is 3. The Morgan fingerprint density at radius 3 is 1.93 bits per heavy atom. The highest BCUT2D eigenvalue weighted by molar-refractivity contribution is 5.66. The quantitative estimate of drug-likeness (QED) is 0.565. The first-order valence-electron chi connectivity index (χ1n) is 9.50. The van der Waals surface area contributed by atoms with Crippen LogP contribution in [-0.4, -0.2) is 25.7 Å². The van der Waals surface area contributed by atoms with Crippen LogP contribution in [0.1, 0.15) is 64.1 Å². The zero-order valence-electron chi connectivity index (χ0n) is 17.5. The Balaban J connectivity index is 1.89. The first kappa shape index (κ1) is 19.9. The summed E-state index contributed by atoms with van der Waals surface area (Å²) in [7, 11) is 0. The SMILES string of the molecule is CC(C)(C)c1cc(Nc2ccc(Cc3nn[nH]n3)cc2)cc(C(C)(C)C)c1O. The van der Waals surface area contributed by atoms with E-state index in [4.69, 9.17) is 0 Å². The van der Waals surface area contributed by atoms with Crippen molar-refractivity contribution >= 4 is 11.4 Å². The molecule has 0 radical (unpaired) electrons. The summed E-state index contributed by atoms with van der Waals surface area (Å²) in [6, 6.07) is 12.3. The molecule has 0 amide bonds. The standard InChI is InChI=1S/C22H29N5O/c1-21(2,3)17-12-16(13-18(20(17)28)22(4,5)6)23-15-9-7-14(8-10-15)11-19-24-26-27-25-19/h7-10,12-13,23,28H,11H2,1-6H3,(H,24,25,26,27). The second kappa shape index (κ2) is 7.26. The third-order valence-electron chi connectivity index (χ3n) is 4.72. The second-order valence-electron chi connectivity index (χ2n) is 9.25. The summed E-state index contributed by atoms with van der Waals surface area (Å²) in [6.07, 6.45) is 0.637. The molecular weight excluding hydrogens is 350 g/mol. The molecule has 0 aliphatic heterocycles. The van der Waals surface area contributed by atoms with E-state index in [9.17, 15) is 5.11 Å². The molecular formula is C22H29N5O. The lowest BCUT2D eigenvalue weighted by molar-refractivity contribution is 0.423. The van der Waals surface area contributed by atoms with Crippen LogP contribution in [0.5, 0.6) is 5.75 Å². The van der Waals surface area contributed by atoms with Crippen LogP contribution >= 0.6 is 0 Å². The van der Waals surface area contributed by atoms with Crippen LogP contribution in [0.4, 0.5) is 11.4 Å². The fourth-order valence-electron chi connectivity index (χ4n) is 3.16. The molecule has 0 aliphatic carbocycles. The predicted octanol–water partition coefficient (Wildman–Crippen LogP) is 4.83. The maximum absolute atomic E-state index is 10.9. The first-order chi connectivity index (χ1) is 13.0. The van der Waals surface area contributed by atoms with Crippen molar-refractivity contribution in [1.82, 2.24) is 20.6 Å². The van der Waals surface area contributed by atoms with Gasteiger partial charge in [0.05, 0.1) is 0 Å². The van der Waals surface area contributed by atoms with Crippen LogP contribution in [0, 0.1) is 0 Å². The maximum atomic E-state index is 10.9. The largest absolute Gasteiger partial charge is 0.507 e. The number of nitrogens with one attached hydrogen (secondary N) is 2. The molecule has 3 N–H and O–H groups in total. The van der Waals surface area contributed by atoms with Gasteiger partial charge in [0.1, 0.15) is 5.75 Å². The molecule has 6 nitrogen and oxygen atoms in total. The number of anilines is 2. The van der Waals surface area contributed by atoms with Crippen LogP contribution < -0.4 is 5.32 Å². The van der Waals surface area contributed by atoms with Gasteiger partial charge in [-0.2, -0.15) is 5.21 Å². The van der Waals surface area contributed by atoms with Crippen molar-refractivity contribution in [2.24, 2.45) is 0 Å². The van der Waals surface area contributed by atoms with Crippen molar-refractivity contribution < 1.29 is 5.11 Å². The van der Waals surface area contributed by atoms with Crippen molar-refractivity contribution in [1.29, 1.82) is 0 Å². The number of phenolic OH excluding ortho intramolecular Hbond substituents is 1. The van der Waals surface area contributed by atoms with E-state index in [0.717, 1.165) is 28.1 Å². The lowest BCUT2D eigenvalue weighted by atomic mass is 9.79. The smallest absolute Gasteiger partial charge is 0.178 e. The third kappa shape index (κ3) is 4.50. The molecule has 0 atom stereocenters. The zero-order chi connectivity index (χ0) is 20.5. The Bertz CT molecular complexity index is 898. The van der Waals surface area contributed by atoms with E-state index in [1.807, 2.05) is 24.3 Å². The number of hydrogen-bond acceptors (Lipinski definition) is 5. The number of aromatic hydroxyl groups is 1. The van der Waals surface area contributed by atoms with Gasteiger partial charge in [-0.25, -0.2) is 0 Å². The van der Waals surface area contributed by atoms with Crippen molar-refractivity contribution in [3.8, 4) is 5.75 Å². The Hall–Kier alpha value is -2.89. The van der Waals surface area contributed by atoms with Crippen LogP contribution in [0.3, 0.4) is 0 Å². The van der Waals surface area contributed by atoms with E-state index in [1.54, 1.807) is 0 Å². The first-order valence-corrected chi connectivity index (χ1v) is 9.50. The maximum Gasteiger partial charge on any atom is 0.178 e. The predicted molar refractivity (Wildman–Crippen MR) is 112 cm³/mol. The van der Waals surface area contributed by atoms with E-state index in [0.29, 0.717) is 18.0 Å². The number of rotatable bonds is 4. The molecule has 2 aromatic carbocycles. The molecule has 0 unspecified atom stereocenters. The number of aromatic amines is 1. The normalized spacial score (nSPS) is 12.2. The van der Waals surface area contributed by atoms with Gasteiger partial charge >= 0.3 is 0 Å². The van der Waals surface area contributed by atoms with Crippen LogP contribution in [0.2, 0.25) is 0 Å². The Kier molecular flexibility index (Phi) is 5.15. The number of phenols is 1. The molecule has 0 fully saturated rings. The van der Waals surface area contributed by atoms with E-state index in [1.165, 1.54) is 0 Å². The lowest BCUT2D eigenvalue weighted by Crippen LogP contribution is -2.17. The fraction of sp³-hybridized carbons (Fsp3) is 0.409. The van der Waals surface area contributed by atoms with Crippen molar-refractivity contribution in [3.05, 3.63) is 58.9 Å². The van der Waals surface area contributed by atoms with Gasteiger partial charge in [-0.15, -0.1) is 10.2 Å². The number of tetrazole rings is 1. The van der Waals surface area contributed by atoms with Gasteiger partial charge in [-0.3, -0.25) is 0 Å². The summed E-state index contributed by atoms with van der Waals surface area (Å²) >= 11 is 0. The van der Waals surface area contributed by atoms with E-state index < -0.39 is 0 Å². The minimum absolute atomic E-state index is 0.157. The summed E-state index contributed by atoms with van der Waals surface area (Å²) in [5.74, 6) is 1.06. The van der Waals surface area contributed by atoms with E-state index in [-0.39, 0.29) is 10.8 Å². The number of aromatic nitrogens is 4. The monoisotopic (exact) mass is 379 g/mol. The number of hydrogen-bond donors (Lipinski definition) is 3. The highest BCUT2D eigenvalue weighted by Gasteiger charge is 2.26. The summed E-state index contributed by atoms with van der Waals surface area (Å²) in [4.78, 5) is 0. The summed E-state index contributed by atoms with van der Waals surface area (Å²) in [6.45, 7) is 12.7. The second-order valence-corrected chi connectivity index (χ2v) is 9.25. The molecule has 0 spiro atoms. The molecule has 0 aliphatic rings. The summed E-state index contributed by atoms with van der Waals surface area (Å²) in [5, 5.41) is 28.4. The molecule has 0 saturated carbocycles. The topological polar surface area (TPSA) is 86.7 Å². The van der Waals surface area contributed by atoms with E-state index >= 15 is 0 Å². The van der Waals surface area contributed by atoms with Gasteiger partial charge in [-0.1, -0.05) is 58.9 Å². The number of benzene rings is 2. The minimum Gasteiger partial charge on any atom is -0.507 e. The highest BCUT2D eigenvalue weighted by atomic mass is 16.3. The highest BCUT2D eigenvalue weighted by Crippen LogP contribution is 2.41. The molecule has 28 heavy (non-hydrogen) atoms. The van der Waals surface area contributed by atoms with Crippen molar-refractivity contribution in [3.63, 3.8) is 0 Å². The van der Waals surface area contributed by atoms with Gasteiger partial charge in [0, 0.05) is 28.9 Å². The van der Waals surface area contributed by atoms with Gasteiger partial charge in [0.2, 0.25) is 0 Å². The molecule has 6 heteroatoms. The van der Waals surface area contributed by atoms with Crippen LogP contribution in [0.15, 0.2) is 36.4 Å². The van der Waals surface area contributed by atoms with Gasteiger partial charge in [0.25, 0.3) is 0 Å². The summed E-state index contributed by atoms with van der Waals surface area (Å²) in [5.41, 5.74) is 4.64. The number of H-pyrrole nitrogens is 1. The van der Waals surface area contributed by atoms with Crippen LogP contribution in [0.25, 0.3) is 0 Å². The van der Waals surface area contributed by atoms with E-state index in [2.05, 4.69) is 79.6 Å².